The Labute approximate surface area is 220 Å². The van der Waals surface area contributed by atoms with Crippen LogP contribution < -0.4 is 10.6 Å². The minimum atomic E-state index is -3.78. The SMILES string of the molecule is Cl.O=C(O)CNC(=O)c1ccc(S(=O)(=O)c2ccc(CCNC[C@@H](O)c3cccc(Cl)c3)cc2)cc1. The number of hydrogen-bond donors (Lipinski definition) is 4. The molecule has 1 amide bonds. The highest BCUT2D eigenvalue weighted by atomic mass is 35.5. The van der Waals surface area contributed by atoms with Crippen molar-refractivity contribution in [3.63, 3.8) is 0 Å². The average Bonchev–Trinajstić information content (AvgIpc) is 2.85. The van der Waals surface area contributed by atoms with Crippen LogP contribution in [0.25, 0.3) is 0 Å². The second kappa shape index (κ2) is 13.4. The molecule has 1 atom stereocenters. The predicted octanol–water partition coefficient (Wildman–Crippen LogP) is 3.27. The molecule has 36 heavy (non-hydrogen) atoms. The molecule has 0 aromatic heterocycles. The lowest BCUT2D eigenvalue weighted by Gasteiger charge is -2.13. The normalized spacial score (nSPS) is 11.8. The van der Waals surface area contributed by atoms with E-state index in [0.717, 1.165) is 11.1 Å². The number of aliphatic hydroxyl groups is 1. The summed E-state index contributed by atoms with van der Waals surface area (Å²) in [5.41, 5.74) is 1.82. The van der Waals surface area contributed by atoms with E-state index in [-0.39, 0.29) is 27.8 Å². The van der Waals surface area contributed by atoms with Crippen LogP contribution in [-0.4, -0.2) is 50.1 Å². The van der Waals surface area contributed by atoms with Crippen LogP contribution in [0.3, 0.4) is 0 Å². The maximum absolute atomic E-state index is 12.9. The molecule has 3 rings (SSSR count). The third-order valence-electron chi connectivity index (χ3n) is 5.22. The number of carbonyl (C=O) groups excluding carboxylic acids is 1. The first-order chi connectivity index (χ1) is 16.7. The molecule has 0 spiro atoms. The van der Waals surface area contributed by atoms with Crippen molar-refractivity contribution in [2.24, 2.45) is 0 Å². The molecule has 0 fully saturated rings. The van der Waals surface area contributed by atoms with Gasteiger partial charge in [-0.3, -0.25) is 9.59 Å². The van der Waals surface area contributed by atoms with Crippen LogP contribution in [0.4, 0.5) is 0 Å². The van der Waals surface area contributed by atoms with Gasteiger partial charge in [0.1, 0.15) is 6.54 Å². The Morgan fingerprint density at radius 1 is 0.944 bits per heavy atom. The van der Waals surface area contributed by atoms with Crippen molar-refractivity contribution in [3.05, 3.63) is 94.5 Å². The molecule has 0 radical (unpaired) electrons. The van der Waals surface area contributed by atoms with Gasteiger partial charge in [0.25, 0.3) is 5.91 Å². The topological polar surface area (TPSA) is 133 Å². The molecule has 0 saturated heterocycles. The third kappa shape index (κ3) is 8.04. The molecule has 4 N–H and O–H groups in total. The van der Waals surface area contributed by atoms with Crippen molar-refractivity contribution in [2.75, 3.05) is 19.6 Å². The lowest BCUT2D eigenvalue weighted by molar-refractivity contribution is -0.135. The summed E-state index contributed by atoms with van der Waals surface area (Å²) < 4.78 is 25.8. The molecule has 0 aliphatic rings. The summed E-state index contributed by atoms with van der Waals surface area (Å²) >= 11 is 5.95. The molecular formula is C25H26Cl2N2O6S. The zero-order valence-electron chi connectivity index (χ0n) is 19.1. The monoisotopic (exact) mass is 552 g/mol. The zero-order chi connectivity index (χ0) is 25.4. The van der Waals surface area contributed by atoms with Crippen LogP contribution in [0, 0.1) is 0 Å². The number of aliphatic hydroxyl groups excluding tert-OH is 1. The number of carbonyl (C=O) groups is 2. The molecule has 0 unspecified atom stereocenters. The predicted molar refractivity (Wildman–Crippen MR) is 139 cm³/mol. The molecule has 0 bridgehead atoms. The molecule has 11 heteroatoms. The summed E-state index contributed by atoms with van der Waals surface area (Å²) in [4.78, 5) is 22.6. The van der Waals surface area contributed by atoms with Crippen LogP contribution in [0.2, 0.25) is 5.02 Å². The van der Waals surface area contributed by atoms with Crippen molar-refractivity contribution in [2.45, 2.75) is 22.3 Å². The van der Waals surface area contributed by atoms with Crippen molar-refractivity contribution < 1.29 is 28.2 Å². The van der Waals surface area contributed by atoms with Crippen molar-refractivity contribution in [3.8, 4) is 0 Å². The molecule has 192 valence electrons. The Hall–Kier alpha value is -2.95. The van der Waals surface area contributed by atoms with Crippen LogP contribution in [-0.2, 0) is 21.1 Å². The number of halogens is 2. The number of benzene rings is 3. The second-order valence-corrected chi connectivity index (χ2v) is 10.2. The maximum Gasteiger partial charge on any atom is 0.322 e. The van der Waals surface area contributed by atoms with Crippen LogP contribution in [0.5, 0.6) is 0 Å². The number of sulfone groups is 1. The standard InChI is InChI=1S/C25H25ClN2O6S.ClH/c26-20-3-1-2-19(14-20)23(29)15-27-13-12-17-4-8-21(9-5-17)35(33,34)22-10-6-18(7-11-22)25(32)28-16-24(30)31;/h1-11,14,23,27,29H,12-13,15-16H2,(H,28,32)(H,30,31);1H/t23-;/m1./s1. The fraction of sp³-hybridized carbons (Fsp3) is 0.200. The van der Waals surface area contributed by atoms with Gasteiger partial charge in [0.2, 0.25) is 9.84 Å². The van der Waals surface area contributed by atoms with Crippen molar-refractivity contribution in [1.29, 1.82) is 0 Å². The quantitative estimate of drug-likeness (QED) is 0.268. The summed E-state index contributed by atoms with van der Waals surface area (Å²) in [7, 11) is -3.78. The van der Waals surface area contributed by atoms with Gasteiger partial charge in [0.05, 0.1) is 15.9 Å². The van der Waals surface area contributed by atoms with E-state index in [9.17, 15) is 23.1 Å². The van der Waals surface area contributed by atoms with E-state index in [0.29, 0.717) is 24.5 Å². The van der Waals surface area contributed by atoms with Gasteiger partial charge in [0, 0.05) is 17.1 Å². The van der Waals surface area contributed by atoms with Crippen LogP contribution >= 0.6 is 24.0 Å². The lowest BCUT2D eigenvalue weighted by Crippen LogP contribution is -2.29. The summed E-state index contributed by atoms with van der Waals surface area (Å²) in [5, 5.41) is 24.8. The molecule has 0 aliphatic heterocycles. The number of hydrogen-bond acceptors (Lipinski definition) is 6. The fourth-order valence-electron chi connectivity index (χ4n) is 3.32. The summed E-state index contributed by atoms with van der Waals surface area (Å²) in [6.07, 6.45) is -0.0428. The fourth-order valence-corrected chi connectivity index (χ4v) is 4.78. The van der Waals surface area contributed by atoms with Gasteiger partial charge in [-0.2, -0.15) is 0 Å². The smallest absolute Gasteiger partial charge is 0.322 e. The van der Waals surface area contributed by atoms with E-state index >= 15 is 0 Å². The highest BCUT2D eigenvalue weighted by molar-refractivity contribution is 7.91. The Bertz CT molecular complexity index is 1280. The Morgan fingerprint density at radius 2 is 1.56 bits per heavy atom. The lowest BCUT2D eigenvalue weighted by atomic mass is 10.1. The first-order valence-corrected chi connectivity index (χ1v) is 12.6. The number of aliphatic carboxylic acids is 1. The third-order valence-corrected chi connectivity index (χ3v) is 7.24. The van der Waals surface area contributed by atoms with E-state index in [1.54, 1.807) is 36.4 Å². The van der Waals surface area contributed by atoms with Gasteiger partial charge in [-0.05, 0) is 72.6 Å². The van der Waals surface area contributed by atoms with Gasteiger partial charge >= 0.3 is 5.97 Å². The summed E-state index contributed by atoms with van der Waals surface area (Å²) in [6.45, 7) is 0.426. The molecule has 0 aliphatic carbocycles. The minimum Gasteiger partial charge on any atom is -0.480 e. The average molecular weight is 553 g/mol. The Kier molecular flexibility index (Phi) is 10.9. The Morgan fingerprint density at radius 3 is 2.14 bits per heavy atom. The van der Waals surface area contributed by atoms with Crippen LogP contribution in [0.15, 0.2) is 82.6 Å². The second-order valence-electron chi connectivity index (χ2n) is 7.77. The van der Waals surface area contributed by atoms with E-state index in [2.05, 4.69) is 10.6 Å². The highest BCUT2D eigenvalue weighted by Gasteiger charge is 2.18. The molecule has 0 heterocycles. The first-order valence-electron chi connectivity index (χ1n) is 10.7. The Balaban J connectivity index is 0.00000456. The zero-order valence-corrected chi connectivity index (χ0v) is 21.4. The first kappa shape index (κ1) is 29.3. The van der Waals surface area contributed by atoms with Gasteiger partial charge in [-0.1, -0.05) is 35.9 Å². The van der Waals surface area contributed by atoms with Gasteiger partial charge in [0.15, 0.2) is 0 Å². The highest BCUT2D eigenvalue weighted by Crippen LogP contribution is 2.22. The summed E-state index contributed by atoms with van der Waals surface area (Å²) in [5.74, 6) is -1.78. The molecule has 3 aromatic rings. The van der Waals surface area contributed by atoms with Gasteiger partial charge in [-0.25, -0.2) is 8.42 Å². The molecular weight excluding hydrogens is 527 g/mol. The largest absolute Gasteiger partial charge is 0.480 e. The van der Waals surface area contributed by atoms with E-state index in [1.165, 1.54) is 36.4 Å². The maximum atomic E-state index is 12.9. The number of rotatable bonds is 11. The van der Waals surface area contributed by atoms with Gasteiger partial charge < -0.3 is 20.8 Å². The summed E-state index contributed by atoms with van der Waals surface area (Å²) in [6, 6.07) is 18.9. The van der Waals surface area contributed by atoms with Crippen molar-refractivity contribution in [1.82, 2.24) is 10.6 Å². The molecule has 0 saturated carbocycles. The number of carboxylic acids is 1. The van der Waals surface area contributed by atoms with Gasteiger partial charge in [-0.15, -0.1) is 12.4 Å². The number of carboxylic acid groups (broad SMARTS) is 1. The minimum absolute atomic E-state index is 0. The molecule has 8 nitrogen and oxygen atoms in total. The van der Waals surface area contributed by atoms with E-state index in [1.807, 2.05) is 0 Å². The van der Waals surface area contributed by atoms with E-state index in [4.69, 9.17) is 16.7 Å². The van der Waals surface area contributed by atoms with E-state index < -0.39 is 34.4 Å². The van der Waals surface area contributed by atoms with Crippen LogP contribution in [0.1, 0.15) is 27.6 Å². The number of nitrogens with one attached hydrogen (secondary N) is 2. The van der Waals surface area contributed by atoms with Crippen molar-refractivity contribution >= 4 is 45.7 Å². The number of amides is 1. The molecule has 3 aromatic carbocycles.